The largest absolute Gasteiger partial charge is 0.508 e. The number of hydrogen-bond acceptors (Lipinski definition) is 6. The van der Waals surface area contributed by atoms with E-state index in [1.807, 2.05) is 13.8 Å². The van der Waals surface area contributed by atoms with Crippen molar-refractivity contribution in [2.24, 2.45) is 0 Å². The maximum Gasteiger partial charge on any atom is 0.163 e. The summed E-state index contributed by atoms with van der Waals surface area (Å²) in [6, 6.07) is 9.97. The molecule has 1 aromatic rings. The number of benzene rings is 1. The molecule has 0 fully saturated rings. The van der Waals surface area contributed by atoms with E-state index in [0.717, 1.165) is 13.1 Å². The fourth-order valence-electron chi connectivity index (χ4n) is 1.91. The molecule has 0 heterocycles. The van der Waals surface area contributed by atoms with Gasteiger partial charge in [0.05, 0.1) is 0 Å². The number of rotatable bonds is 6. The third kappa shape index (κ3) is 4.24. The first-order valence-electron chi connectivity index (χ1n) is 6.85. The highest BCUT2D eigenvalue weighted by atomic mass is 16.3. The minimum Gasteiger partial charge on any atom is -0.508 e. The fourth-order valence-corrected chi connectivity index (χ4v) is 1.91. The molecular formula is C16H17N5O. The number of phenols is 1. The smallest absolute Gasteiger partial charge is 0.163 e. The molecular weight excluding hydrogens is 278 g/mol. The van der Waals surface area contributed by atoms with Crippen molar-refractivity contribution in [1.29, 1.82) is 15.8 Å². The van der Waals surface area contributed by atoms with E-state index in [0.29, 0.717) is 17.8 Å². The Bertz CT molecular complexity index is 668. The van der Waals surface area contributed by atoms with E-state index < -0.39 is 0 Å². The molecule has 0 radical (unpaired) electrons. The monoisotopic (exact) mass is 295 g/mol. The zero-order valence-corrected chi connectivity index (χ0v) is 12.6. The van der Waals surface area contributed by atoms with Crippen LogP contribution >= 0.6 is 0 Å². The summed E-state index contributed by atoms with van der Waals surface area (Å²) < 4.78 is 0. The number of nitrogens with one attached hydrogen (secondary N) is 1. The molecule has 0 aliphatic heterocycles. The summed E-state index contributed by atoms with van der Waals surface area (Å²) in [4.78, 5) is 2.13. The standard InChI is InChI=1S/C16H17N5O/c1-3-21(4-2)11-12-7-14(5-6-16(12)22)20-15(10-19)13(8-17)9-18/h5-7,20,22H,3-4,11H2,1-2H3. The Morgan fingerprint density at radius 1 is 1.14 bits per heavy atom. The van der Waals surface area contributed by atoms with Crippen LogP contribution in [0, 0.1) is 34.0 Å². The van der Waals surface area contributed by atoms with Crippen molar-refractivity contribution in [3.8, 4) is 24.0 Å². The van der Waals surface area contributed by atoms with E-state index in [1.54, 1.807) is 30.3 Å². The van der Waals surface area contributed by atoms with Crippen LogP contribution in [0.25, 0.3) is 0 Å². The Kier molecular flexibility index (Phi) is 6.44. The predicted molar refractivity (Wildman–Crippen MR) is 82.2 cm³/mol. The number of hydrogen-bond donors (Lipinski definition) is 2. The van der Waals surface area contributed by atoms with Crippen LogP contribution in [0.3, 0.4) is 0 Å². The zero-order valence-electron chi connectivity index (χ0n) is 12.6. The maximum absolute atomic E-state index is 9.93. The Labute approximate surface area is 130 Å². The first-order valence-corrected chi connectivity index (χ1v) is 6.85. The lowest BCUT2D eigenvalue weighted by Gasteiger charge is -2.19. The lowest BCUT2D eigenvalue weighted by atomic mass is 10.1. The summed E-state index contributed by atoms with van der Waals surface area (Å²) >= 11 is 0. The second kappa shape index (κ2) is 8.32. The van der Waals surface area contributed by atoms with Crippen molar-refractivity contribution in [3.63, 3.8) is 0 Å². The Balaban J connectivity index is 3.09. The molecule has 0 saturated heterocycles. The summed E-state index contributed by atoms with van der Waals surface area (Å²) in [7, 11) is 0. The highest BCUT2D eigenvalue weighted by Crippen LogP contribution is 2.24. The topological polar surface area (TPSA) is 107 Å². The minimum atomic E-state index is -0.277. The molecule has 0 atom stereocenters. The van der Waals surface area contributed by atoms with Crippen LogP contribution in [0.2, 0.25) is 0 Å². The zero-order chi connectivity index (χ0) is 16.5. The van der Waals surface area contributed by atoms with Gasteiger partial charge in [-0.25, -0.2) is 0 Å². The first kappa shape index (κ1) is 17.0. The van der Waals surface area contributed by atoms with Gasteiger partial charge in [-0.1, -0.05) is 13.8 Å². The normalized spacial score (nSPS) is 9.45. The third-order valence-electron chi connectivity index (χ3n) is 3.22. The molecule has 0 aliphatic rings. The van der Waals surface area contributed by atoms with Crippen LogP contribution in [0.4, 0.5) is 5.69 Å². The molecule has 0 spiro atoms. The Morgan fingerprint density at radius 2 is 1.77 bits per heavy atom. The van der Waals surface area contributed by atoms with Gasteiger partial charge in [0.15, 0.2) is 5.57 Å². The van der Waals surface area contributed by atoms with E-state index in [2.05, 4.69) is 10.2 Å². The third-order valence-corrected chi connectivity index (χ3v) is 3.22. The van der Waals surface area contributed by atoms with Crippen molar-refractivity contribution >= 4 is 5.69 Å². The highest BCUT2D eigenvalue weighted by Gasteiger charge is 2.10. The van der Waals surface area contributed by atoms with Crippen LogP contribution in [0.15, 0.2) is 29.5 Å². The van der Waals surface area contributed by atoms with E-state index in [1.165, 1.54) is 6.07 Å². The van der Waals surface area contributed by atoms with Gasteiger partial charge in [0.1, 0.15) is 29.7 Å². The average molecular weight is 295 g/mol. The molecule has 2 N–H and O–H groups in total. The molecule has 0 aromatic heterocycles. The van der Waals surface area contributed by atoms with E-state index in [4.69, 9.17) is 15.8 Å². The van der Waals surface area contributed by atoms with Crippen LogP contribution < -0.4 is 5.32 Å². The van der Waals surface area contributed by atoms with Gasteiger partial charge in [0.2, 0.25) is 0 Å². The van der Waals surface area contributed by atoms with Crippen molar-refractivity contribution in [2.45, 2.75) is 20.4 Å². The summed E-state index contributed by atoms with van der Waals surface area (Å²) in [5.74, 6) is 0.167. The second-order valence-electron chi connectivity index (χ2n) is 4.52. The molecule has 0 aliphatic carbocycles. The van der Waals surface area contributed by atoms with Gasteiger partial charge in [-0.05, 0) is 31.3 Å². The van der Waals surface area contributed by atoms with Crippen LogP contribution in [-0.2, 0) is 6.54 Å². The van der Waals surface area contributed by atoms with Crippen molar-refractivity contribution in [3.05, 3.63) is 35.0 Å². The molecule has 6 heteroatoms. The van der Waals surface area contributed by atoms with Gasteiger partial charge in [0, 0.05) is 17.8 Å². The molecule has 0 saturated carbocycles. The number of phenolic OH excluding ortho intramolecular Hbond substituents is 1. The van der Waals surface area contributed by atoms with Crippen LogP contribution in [-0.4, -0.2) is 23.1 Å². The SMILES string of the molecule is CCN(CC)Cc1cc(NC(C#N)=C(C#N)C#N)ccc1O. The van der Waals surface area contributed by atoms with Gasteiger partial charge >= 0.3 is 0 Å². The van der Waals surface area contributed by atoms with Gasteiger partial charge in [-0.15, -0.1) is 0 Å². The molecule has 0 unspecified atom stereocenters. The number of nitriles is 3. The molecule has 22 heavy (non-hydrogen) atoms. The van der Waals surface area contributed by atoms with Crippen LogP contribution in [0.5, 0.6) is 5.75 Å². The summed E-state index contributed by atoms with van der Waals surface area (Å²) in [5, 5.41) is 39.4. The number of anilines is 1. The number of aromatic hydroxyl groups is 1. The second-order valence-corrected chi connectivity index (χ2v) is 4.52. The molecule has 0 bridgehead atoms. The van der Waals surface area contributed by atoms with E-state index >= 15 is 0 Å². The molecule has 6 nitrogen and oxygen atoms in total. The van der Waals surface area contributed by atoms with Gasteiger partial charge in [0.25, 0.3) is 0 Å². The lowest BCUT2D eigenvalue weighted by Crippen LogP contribution is -2.22. The Morgan fingerprint density at radius 3 is 2.27 bits per heavy atom. The highest BCUT2D eigenvalue weighted by molar-refractivity contribution is 5.60. The molecule has 0 amide bonds. The van der Waals surface area contributed by atoms with Gasteiger partial charge in [-0.2, -0.15) is 15.8 Å². The van der Waals surface area contributed by atoms with Crippen LogP contribution in [0.1, 0.15) is 19.4 Å². The molecule has 1 rings (SSSR count). The molecule has 1 aromatic carbocycles. The number of allylic oxidation sites excluding steroid dienone is 2. The summed E-state index contributed by atoms with van der Waals surface area (Å²) in [6.07, 6.45) is 0. The van der Waals surface area contributed by atoms with Gasteiger partial charge in [-0.3, -0.25) is 4.90 Å². The summed E-state index contributed by atoms with van der Waals surface area (Å²) in [6.45, 7) is 6.34. The van der Waals surface area contributed by atoms with Gasteiger partial charge < -0.3 is 10.4 Å². The van der Waals surface area contributed by atoms with E-state index in [-0.39, 0.29) is 17.0 Å². The Hall–Kier alpha value is -3.01. The fraction of sp³-hybridized carbons (Fsp3) is 0.312. The lowest BCUT2D eigenvalue weighted by molar-refractivity contribution is 0.291. The predicted octanol–water partition coefficient (Wildman–Crippen LogP) is 2.47. The maximum atomic E-state index is 9.93. The quantitative estimate of drug-likeness (QED) is 0.616. The van der Waals surface area contributed by atoms with Crippen molar-refractivity contribution in [1.82, 2.24) is 4.90 Å². The number of nitrogens with zero attached hydrogens (tertiary/aromatic N) is 4. The average Bonchev–Trinajstić information content (AvgIpc) is 2.55. The summed E-state index contributed by atoms with van der Waals surface area (Å²) in [5.41, 5.74) is 0.867. The van der Waals surface area contributed by atoms with Crippen molar-refractivity contribution < 1.29 is 5.11 Å². The molecule has 112 valence electrons. The van der Waals surface area contributed by atoms with Crippen molar-refractivity contribution in [2.75, 3.05) is 18.4 Å². The van der Waals surface area contributed by atoms with E-state index in [9.17, 15) is 5.11 Å². The first-order chi connectivity index (χ1) is 10.6. The minimum absolute atomic E-state index is 0.107.